The van der Waals surface area contributed by atoms with E-state index < -0.39 is 80.7 Å². The molecule has 1 saturated heterocycles. The molecular weight excluding hydrogens is 453 g/mol. The third-order valence-electron chi connectivity index (χ3n) is 4.82. The summed E-state index contributed by atoms with van der Waals surface area (Å²) in [7, 11) is 0. The van der Waals surface area contributed by atoms with E-state index in [2.05, 4.69) is 9.72 Å². The van der Waals surface area contributed by atoms with Crippen LogP contribution in [0.5, 0.6) is 0 Å². The number of nitrogen functional groups attached to an aromatic ring is 1. The Balaban J connectivity index is 3.26. The lowest BCUT2D eigenvalue weighted by molar-refractivity contribution is -0.236. The number of ether oxygens (including phenoxy) is 1. The zero-order valence-corrected chi connectivity index (χ0v) is 15.1. The molecule has 0 bridgehead atoms. The number of rotatable bonds is 7. The summed E-state index contributed by atoms with van der Waals surface area (Å²) in [5.74, 6) is -16.9. The minimum Gasteiger partial charge on any atom is -0.481 e. The smallest absolute Gasteiger partial charge is 0.362 e. The Kier molecular flexibility index (Phi) is 5.22. The first-order valence-corrected chi connectivity index (χ1v) is 7.82. The van der Waals surface area contributed by atoms with Crippen LogP contribution in [0.1, 0.15) is 6.42 Å². The van der Waals surface area contributed by atoms with E-state index in [0.29, 0.717) is 0 Å². The van der Waals surface area contributed by atoms with Crippen molar-refractivity contribution in [1.29, 1.82) is 0 Å². The van der Waals surface area contributed by atoms with E-state index in [1.807, 2.05) is 0 Å². The van der Waals surface area contributed by atoms with E-state index in [4.69, 9.17) is 10.8 Å². The SMILES string of the molecule is Nc1nc(=O)n([C@]2(C(=O)O)O[C@@](CC(=O)O)(C(=O)O)[C@](O)(C(=O)O)[C@]2(O)C(=O)O)cc1F. The molecule has 1 aliphatic rings. The van der Waals surface area contributed by atoms with Crippen LogP contribution in [0, 0.1) is 5.82 Å². The Morgan fingerprint density at radius 3 is 1.84 bits per heavy atom. The minimum atomic E-state index is -4.89. The lowest BCUT2D eigenvalue weighted by Gasteiger charge is -2.39. The standard InChI is InChI=1S/C14H12FN3O14/c15-3-2-18(10(29)17-5(3)16)14(9(27)28)13(31,8(25)26)12(30,7(23)24)11(32-14,6(21)22)1-4(19)20/h2,30-31H,1H2,(H,19,20)(H,21,22)(H,23,24)(H,25,26)(H,27,28)(H2,16,17,29)/t11-,12+,13+,14+/m0/s1. The molecule has 0 aromatic carbocycles. The molecule has 0 unspecified atom stereocenters. The molecule has 32 heavy (non-hydrogen) atoms. The number of aliphatic carboxylic acids is 5. The van der Waals surface area contributed by atoms with E-state index in [9.17, 15) is 63.8 Å². The molecule has 17 nitrogen and oxygen atoms in total. The maximum Gasteiger partial charge on any atom is 0.362 e. The van der Waals surface area contributed by atoms with Crippen LogP contribution >= 0.6 is 0 Å². The second-order valence-electron chi connectivity index (χ2n) is 6.41. The molecule has 1 aromatic heterocycles. The zero-order chi connectivity index (χ0) is 25.0. The van der Waals surface area contributed by atoms with Crippen molar-refractivity contribution in [3.63, 3.8) is 0 Å². The van der Waals surface area contributed by atoms with Gasteiger partial charge in [-0.15, -0.1) is 0 Å². The van der Waals surface area contributed by atoms with Gasteiger partial charge in [-0.25, -0.2) is 28.4 Å². The van der Waals surface area contributed by atoms with Gasteiger partial charge >= 0.3 is 35.5 Å². The summed E-state index contributed by atoms with van der Waals surface area (Å²) in [6.07, 6.45) is -2.39. The van der Waals surface area contributed by atoms with Crippen LogP contribution < -0.4 is 11.4 Å². The van der Waals surface area contributed by atoms with Gasteiger partial charge in [-0.3, -0.25) is 9.36 Å². The quantitative estimate of drug-likeness (QED) is 0.189. The topological polar surface area (TPSA) is 297 Å². The number of aromatic nitrogens is 2. The summed E-state index contributed by atoms with van der Waals surface area (Å²) in [4.78, 5) is 74.3. The number of nitrogens with zero attached hydrogens (tertiary/aromatic N) is 2. The van der Waals surface area contributed by atoms with Gasteiger partial charge in [0.15, 0.2) is 11.6 Å². The fourth-order valence-corrected chi connectivity index (χ4v) is 3.41. The number of halogens is 1. The average Bonchev–Trinajstić information content (AvgIpc) is 2.84. The Morgan fingerprint density at radius 2 is 1.47 bits per heavy atom. The predicted octanol–water partition coefficient (Wildman–Crippen LogP) is -4.34. The predicted molar refractivity (Wildman–Crippen MR) is 87.4 cm³/mol. The average molecular weight is 465 g/mol. The maximum absolute atomic E-state index is 14.0. The van der Waals surface area contributed by atoms with Crippen LogP contribution in [0.4, 0.5) is 10.2 Å². The van der Waals surface area contributed by atoms with Gasteiger partial charge in [-0.1, -0.05) is 0 Å². The van der Waals surface area contributed by atoms with Gasteiger partial charge in [0.2, 0.25) is 11.2 Å². The van der Waals surface area contributed by atoms with Crippen molar-refractivity contribution >= 4 is 35.7 Å². The van der Waals surface area contributed by atoms with Crippen LogP contribution in [0.2, 0.25) is 0 Å². The summed E-state index contributed by atoms with van der Waals surface area (Å²) in [6.45, 7) is 0. The number of nitrogens with two attached hydrogens (primary N) is 1. The molecule has 2 heterocycles. The number of hydrogen-bond acceptors (Lipinski definition) is 11. The van der Waals surface area contributed by atoms with Crippen molar-refractivity contribution in [3.05, 3.63) is 22.5 Å². The molecule has 0 aliphatic carbocycles. The Labute approximate surface area is 172 Å². The summed E-state index contributed by atoms with van der Waals surface area (Å²) in [5, 5.41) is 68.9. The van der Waals surface area contributed by atoms with Gasteiger partial charge in [0, 0.05) is 0 Å². The third-order valence-corrected chi connectivity index (χ3v) is 4.82. The number of aliphatic hydroxyl groups is 2. The summed E-state index contributed by atoms with van der Waals surface area (Å²) in [6, 6.07) is 0. The van der Waals surface area contributed by atoms with Crippen LogP contribution in [-0.2, 0) is 34.4 Å². The Morgan fingerprint density at radius 1 is 0.969 bits per heavy atom. The van der Waals surface area contributed by atoms with Crippen LogP contribution in [0.15, 0.2) is 11.0 Å². The molecule has 1 aliphatic heterocycles. The number of anilines is 1. The molecule has 18 heteroatoms. The third kappa shape index (κ3) is 2.50. The highest BCUT2D eigenvalue weighted by atomic mass is 19.1. The molecule has 0 spiro atoms. The van der Waals surface area contributed by atoms with E-state index in [1.54, 1.807) is 0 Å². The van der Waals surface area contributed by atoms with E-state index >= 15 is 0 Å². The van der Waals surface area contributed by atoms with Crippen molar-refractivity contribution in [2.75, 3.05) is 5.73 Å². The molecule has 0 radical (unpaired) electrons. The van der Waals surface area contributed by atoms with E-state index in [1.165, 1.54) is 0 Å². The normalized spacial score (nSPS) is 31.7. The number of carbonyl (C=O) groups is 5. The lowest BCUT2D eigenvalue weighted by Crippen LogP contribution is -2.77. The monoisotopic (exact) mass is 465 g/mol. The van der Waals surface area contributed by atoms with Crippen LogP contribution in [0.25, 0.3) is 0 Å². The fourth-order valence-electron chi connectivity index (χ4n) is 3.41. The first kappa shape index (κ1) is 24.1. The molecule has 2 rings (SSSR count). The highest BCUT2D eigenvalue weighted by molar-refractivity contribution is 6.05. The van der Waals surface area contributed by atoms with Crippen molar-refractivity contribution in [1.82, 2.24) is 9.55 Å². The van der Waals surface area contributed by atoms with Crippen molar-refractivity contribution in [2.45, 2.75) is 28.9 Å². The molecule has 174 valence electrons. The first-order valence-electron chi connectivity index (χ1n) is 7.82. The molecule has 1 aromatic rings. The molecule has 1 fully saturated rings. The number of carboxylic acid groups (broad SMARTS) is 5. The van der Waals surface area contributed by atoms with Gasteiger partial charge in [-0.2, -0.15) is 4.98 Å². The minimum absolute atomic E-state index is 0.229. The van der Waals surface area contributed by atoms with Crippen molar-refractivity contribution < 1.29 is 68.8 Å². The van der Waals surface area contributed by atoms with Crippen molar-refractivity contribution in [3.8, 4) is 0 Å². The Bertz CT molecular complexity index is 1130. The maximum atomic E-state index is 14.0. The summed E-state index contributed by atoms with van der Waals surface area (Å²) >= 11 is 0. The molecule has 0 amide bonds. The van der Waals surface area contributed by atoms with Gasteiger partial charge in [0.05, 0.1) is 12.6 Å². The van der Waals surface area contributed by atoms with Gasteiger partial charge in [0.25, 0.3) is 11.3 Å². The van der Waals surface area contributed by atoms with Gasteiger partial charge in [0.1, 0.15) is 0 Å². The highest BCUT2D eigenvalue weighted by Crippen LogP contribution is 2.56. The van der Waals surface area contributed by atoms with Crippen LogP contribution in [0.3, 0.4) is 0 Å². The largest absolute Gasteiger partial charge is 0.481 e. The second kappa shape index (κ2) is 6.93. The second-order valence-corrected chi connectivity index (χ2v) is 6.41. The number of hydrogen-bond donors (Lipinski definition) is 8. The van der Waals surface area contributed by atoms with Gasteiger partial charge in [-0.05, 0) is 0 Å². The zero-order valence-electron chi connectivity index (χ0n) is 15.1. The van der Waals surface area contributed by atoms with Crippen LogP contribution in [-0.4, -0.2) is 91.9 Å². The van der Waals surface area contributed by atoms with Crippen molar-refractivity contribution in [2.24, 2.45) is 0 Å². The molecular formula is C14H12FN3O14. The Hall–Kier alpha value is -4.16. The summed E-state index contributed by atoms with van der Waals surface area (Å²) < 4.78 is 17.9. The van der Waals surface area contributed by atoms with Gasteiger partial charge < -0.3 is 46.2 Å². The summed E-state index contributed by atoms with van der Waals surface area (Å²) in [5.41, 5.74) is -15.5. The molecule has 0 saturated carbocycles. The van der Waals surface area contributed by atoms with E-state index in [-0.39, 0.29) is 6.20 Å². The molecule has 9 N–H and O–H groups in total. The molecule has 4 atom stereocenters. The lowest BCUT2D eigenvalue weighted by atomic mass is 9.68. The highest BCUT2D eigenvalue weighted by Gasteiger charge is 2.92. The number of carboxylic acids is 5. The van der Waals surface area contributed by atoms with E-state index in [0.717, 1.165) is 0 Å². The fraction of sp³-hybridized carbons (Fsp3) is 0.357. The first-order chi connectivity index (χ1) is 14.5.